The Morgan fingerprint density at radius 2 is 2.69 bits per heavy atom. The van der Waals surface area contributed by atoms with Gasteiger partial charge in [0.15, 0.2) is 5.76 Å². The lowest BCUT2D eigenvalue weighted by atomic mass is 10.3. The van der Waals surface area contributed by atoms with Gasteiger partial charge in [-0.1, -0.05) is 6.57 Å². The van der Waals surface area contributed by atoms with Gasteiger partial charge in [-0.25, -0.2) is 0 Å². The van der Waals surface area contributed by atoms with E-state index in [1.165, 1.54) is 4.68 Å². The lowest BCUT2D eigenvalue weighted by Gasteiger charge is -1.91. The van der Waals surface area contributed by atoms with Gasteiger partial charge in [-0.05, 0) is 23.3 Å². The maximum Gasteiger partial charge on any atom is 0.296 e. The summed E-state index contributed by atoms with van der Waals surface area (Å²) < 4.78 is 13.8. The van der Waals surface area contributed by atoms with Gasteiger partial charge in [-0.3, -0.25) is 0 Å². The number of furan rings is 1. The van der Waals surface area contributed by atoms with Gasteiger partial charge in [0.05, 0.1) is 13.3 Å². The predicted molar refractivity (Wildman–Crippen MR) is 47.2 cm³/mol. The Morgan fingerprint density at radius 1 is 1.77 bits per heavy atom. The standard InChI is InChI=1S/C9H7N3O/c1-10-9-6-7(12(2)11-9)8-4-3-5-13-8/h3-6H,2H3/i2D. The van der Waals surface area contributed by atoms with Gasteiger partial charge in [-0.2, -0.15) is 4.68 Å². The van der Waals surface area contributed by atoms with Crippen molar-refractivity contribution >= 4 is 5.82 Å². The first-order valence-corrected chi connectivity index (χ1v) is 3.63. The Labute approximate surface area is 76.6 Å². The molecule has 0 unspecified atom stereocenters. The maximum atomic E-state index is 7.23. The molecule has 0 saturated heterocycles. The third-order valence-electron chi connectivity index (χ3n) is 1.66. The Hall–Kier alpha value is -2.02. The number of hydrogen-bond acceptors (Lipinski definition) is 2. The number of hydrogen-bond donors (Lipinski definition) is 0. The molecule has 13 heavy (non-hydrogen) atoms. The zero-order chi connectivity index (χ0) is 9.97. The van der Waals surface area contributed by atoms with E-state index in [4.69, 9.17) is 12.4 Å². The van der Waals surface area contributed by atoms with Gasteiger partial charge in [0, 0.05) is 1.37 Å². The summed E-state index contributed by atoms with van der Waals surface area (Å²) in [6, 6.07) is 5.14. The van der Waals surface area contributed by atoms with Crippen LogP contribution in [0.15, 0.2) is 28.9 Å². The van der Waals surface area contributed by atoms with Crippen molar-refractivity contribution in [3.63, 3.8) is 0 Å². The van der Waals surface area contributed by atoms with Crippen LogP contribution in [0.3, 0.4) is 0 Å². The van der Waals surface area contributed by atoms with Crippen molar-refractivity contribution in [1.82, 2.24) is 9.78 Å². The Kier molecular flexibility index (Phi) is 1.39. The molecule has 0 atom stereocenters. The second-order valence-electron chi connectivity index (χ2n) is 2.48. The monoisotopic (exact) mass is 174 g/mol. The van der Waals surface area contributed by atoms with Crippen LogP contribution < -0.4 is 0 Å². The molecule has 0 aliphatic carbocycles. The first-order chi connectivity index (χ1) is 6.85. The van der Waals surface area contributed by atoms with Crippen LogP contribution in [-0.4, -0.2) is 9.78 Å². The summed E-state index contributed by atoms with van der Waals surface area (Å²) in [5.41, 5.74) is 0.663. The lowest BCUT2D eigenvalue weighted by molar-refractivity contribution is 0.573. The predicted octanol–water partition coefficient (Wildman–Crippen LogP) is 2.23. The van der Waals surface area contributed by atoms with E-state index < -0.39 is 0 Å². The molecule has 64 valence electrons. The molecule has 0 spiro atoms. The van der Waals surface area contributed by atoms with Crippen LogP contribution in [-0.2, 0) is 7.02 Å². The number of aromatic nitrogens is 2. The van der Waals surface area contributed by atoms with E-state index in [1.807, 2.05) is 0 Å². The smallest absolute Gasteiger partial charge is 0.296 e. The molecule has 2 aromatic rings. The third kappa shape index (κ3) is 1.20. The summed E-state index contributed by atoms with van der Waals surface area (Å²) in [5, 5.41) is 3.92. The zero-order valence-electron chi connectivity index (χ0n) is 7.77. The van der Waals surface area contributed by atoms with Crippen molar-refractivity contribution in [3.05, 3.63) is 35.9 Å². The summed E-state index contributed by atoms with van der Waals surface area (Å²) in [4.78, 5) is 3.20. The fourth-order valence-electron chi connectivity index (χ4n) is 1.08. The summed E-state index contributed by atoms with van der Waals surface area (Å²) in [7, 11) is -0.0223. The number of rotatable bonds is 1. The van der Waals surface area contributed by atoms with Crippen molar-refractivity contribution in [2.75, 3.05) is 0 Å². The topological polar surface area (TPSA) is 35.3 Å². The molecule has 0 amide bonds. The molecule has 4 heteroatoms. The van der Waals surface area contributed by atoms with E-state index in [2.05, 4.69) is 9.94 Å². The average Bonchev–Trinajstić information content (AvgIpc) is 2.85. The number of aryl methyl sites for hydroxylation is 1. The van der Waals surface area contributed by atoms with Crippen molar-refractivity contribution in [2.24, 2.45) is 7.02 Å². The summed E-state index contributed by atoms with van der Waals surface area (Å²) in [6.07, 6.45) is 1.55. The van der Waals surface area contributed by atoms with Crippen molar-refractivity contribution in [1.29, 1.82) is 0 Å². The van der Waals surface area contributed by atoms with Crippen molar-refractivity contribution < 1.29 is 5.79 Å². The van der Waals surface area contributed by atoms with Gasteiger partial charge in [0.1, 0.15) is 5.69 Å². The van der Waals surface area contributed by atoms with Gasteiger partial charge in [0.25, 0.3) is 5.82 Å². The van der Waals surface area contributed by atoms with E-state index in [9.17, 15) is 0 Å². The normalized spacial score (nSPS) is 10.8. The van der Waals surface area contributed by atoms with Crippen molar-refractivity contribution in [3.8, 4) is 11.5 Å². The minimum absolute atomic E-state index is 0.0223. The van der Waals surface area contributed by atoms with Crippen LogP contribution in [0.1, 0.15) is 1.37 Å². The van der Waals surface area contributed by atoms with E-state index in [0.717, 1.165) is 0 Å². The van der Waals surface area contributed by atoms with Crippen molar-refractivity contribution in [2.45, 2.75) is 0 Å². The summed E-state index contributed by atoms with van der Waals surface area (Å²) >= 11 is 0. The molecule has 0 N–H and O–H groups in total. The molecular weight excluding hydrogens is 166 g/mol. The summed E-state index contributed by atoms with van der Waals surface area (Å²) in [5.74, 6) is 0.906. The average molecular weight is 174 g/mol. The molecule has 0 radical (unpaired) electrons. The van der Waals surface area contributed by atoms with E-state index in [1.54, 1.807) is 24.5 Å². The Morgan fingerprint density at radius 3 is 3.31 bits per heavy atom. The zero-order valence-corrected chi connectivity index (χ0v) is 6.77. The fourth-order valence-corrected chi connectivity index (χ4v) is 1.08. The van der Waals surface area contributed by atoms with Crippen LogP contribution >= 0.6 is 0 Å². The number of nitrogens with zero attached hydrogens (tertiary/aromatic N) is 3. The molecule has 0 saturated carbocycles. The molecule has 0 fully saturated rings. The highest BCUT2D eigenvalue weighted by atomic mass is 16.3. The Balaban J connectivity index is 2.53. The lowest BCUT2D eigenvalue weighted by Crippen LogP contribution is -1.91. The molecule has 0 aromatic carbocycles. The van der Waals surface area contributed by atoms with Gasteiger partial charge >= 0.3 is 0 Å². The highest BCUT2D eigenvalue weighted by Gasteiger charge is 2.10. The maximum absolute atomic E-state index is 7.23. The highest BCUT2D eigenvalue weighted by molar-refractivity contribution is 5.58. The first-order valence-electron chi connectivity index (χ1n) is 4.34. The van der Waals surface area contributed by atoms with Crippen LogP contribution in [0.5, 0.6) is 0 Å². The van der Waals surface area contributed by atoms with Crippen LogP contribution in [0.4, 0.5) is 5.82 Å². The molecule has 0 aliphatic rings. The minimum Gasteiger partial charge on any atom is -0.463 e. The third-order valence-corrected chi connectivity index (χ3v) is 1.66. The molecule has 2 aromatic heterocycles. The highest BCUT2D eigenvalue weighted by Crippen LogP contribution is 2.23. The molecule has 0 aliphatic heterocycles. The molecule has 4 nitrogen and oxygen atoms in total. The van der Waals surface area contributed by atoms with Gasteiger partial charge in [-0.15, -0.1) is 0 Å². The van der Waals surface area contributed by atoms with Gasteiger partial charge < -0.3 is 9.26 Å². The quantitative estimate of drug-likeness (QED) is 0.621. The van der Waals surface area contributed by atoms with Crippen LogP contribution in [0.25, 0.3) is 16.3 Å². The SMILES string of the molecule is [2H]Cn1nc([N+]#[C-])cc1-c1ccco1. The van der Waals surface area contributed by atoms with Crippen LogP contribution in [0, 0.1) is 6.57 Å². The largest absolute Gasteiger partial charge is 0.463 e. The second-order valence-corrected chi connectivity index (χ2v) is 2.48. The van der Waals surface area contributed by atoms with Gasteiger partial charge in [0.2, 0.25) is 0 Å². The molecule has 0 bridgehead atoms. The van der Waals surface area contributed by atoms with E-state index in [-0.39, 0.29) is 12.8 Å². The summed E-state index contributed by atoms with van der Waals surface area (Å²) in [6.45, 7) is 6.81. The van der Waals surface area contributed by atoms with E-state index >= 15 is 0 Å². The molecular formula is C9H7N3O. The first kappa shape index (κ1) is 6.49. The fraction of sp³-hybridized carbons (Fsp3) is 0.111. The van der Waals surface area contributed by atoms with E-state index in [0.29, 0.717) is 11.5 Å². The van der Waals surface area contributed by atoms with Crippen LogP contribution in [0.2, 0.25) is 0 Å². The Bertz CT molecular complexity index is 467. The molecule has 2 heterocycles. The minimum atomic E-state index is -0.0223. The second kappa shape index (κ2) is 2.79. The molecule has 2 rings (SSSR count).